The number of ether oxygens (including phenoxy) is 5. The fourth-order valence-corrected chi connectivity index (χ4v) is 4.84. The maximum Gasteiger partial charge on any atom is 0.347 e. The Hall–Kier alpha value is -4.21. The van der Waals surface area contributed by atoms with Gasteiger partial charge >= 0.3 is 11.9 Å². The predicted octanol–water partition coefficient (Wildman–Crippen LogP) is 6.44. The molecular weight excluding hydrogens is 542 g/mol. The number of benzene rings is 3. The molecule has 4 aromatic rings. The van der Waals surface area contributed by atoms with Gasteiger partial charge in [0.1, 0.15) is 17.1 Å². The smallest absolute Gasteiger partial charge is 0.347 e. The highest BCUT2D eigenvalue weighted by molar-refractivity contribution is 8.04. The van der Waals surface area contributed by atoms with Gasteiger partial charge in [-0.15, -0.1) is 0 Å². The zero-order chi connectivity index (χ0) is 27.9. The van der Waals surface area contributed by atoms with Crippen LogP contribution in [0.3, 0.4) is 0 Å². The van der Waals surface area contributed by atoms with E-state index < -0.39 is 11.9 Å². The number of hydrogen-bond donors (Lipinski definition) is 0. The highest BCUT2D eigenvalue weighted by Crippen LogP contribution is 2.36. The Morgan fingerprint density at radius 1 is 0.846 bits per heavy atom. The molecule has 200 valence electrons. The van der Waals surface area contributed by atoms with Crippen molar-refractivity contribution in [2.75, 3.05) is 28.4 Å². The molecule has 8 nitrogen and oxygen atoms in total. The first-order valence-corrected chi connectivity index (χ1v) is 12.7. The Labute approximate surface area is 234 Å². The normalized spacial score (nSPS) is 11.2. The van der Waals surface area contributed by atoms with E-state index in [1.807, 2.05) is 12.1 Å². The van der Waals surface area contributed by atoms with Gasteiger partial charge in [0, 0.05) is 33.6 Å². The summed E-state index contributed by atoms with van der Waals surface area (Å²) in [4.78, 5) is 31.0. The molecule has 0 fully saturated rings. The van der Waals surface area contributed by atoms with Crippen LogP contribution in [-0.4, -0.2) is 45.4 Å². The second kappa shape index (κ2) is 12.6. The largest absolute Gasteiger partial charge is 0.496 e. The number of carbonyl (C=O) groups is 2. The standard InChI is InChI=1S/C29H24ClNO7S/c1-34-23-16-25(36-3)24(35-2)15-21(23)28(32)38-19-8-5-17(6-9-19)13-27(29(33)37-4)39-26-11-12-31-22-14-18(30)7-10-20(22)26/h5-16H,1-4H3/b27-13+. The van der Waals surface area contributed by atoms with E-state index in [-0.39, 0.29) is 11.3 Å². The van der Waals surface area contributed by atoms with Crippen LogP contribution >= 0.6 is 23.4 Å². The SMILES string of the molecule is COC(=O)/C(=C\c1ccc(OC(=O)c2cc(OC)c(OC)cc2OC)cc1)Sc1ccnc2cc(Cl)ccc12. The van der Waals surface area contributed by atoms with Crippen LogP contribution in [0, 0.1) is 0 Å². The Bertz CT molecular complexity index is 1550. The third kappa shape index (κ3) is 6.45. The van der Waals surface area contributed by atoms with Gasteiger partial charge in [0.2, 0.25) is 0 Å². The fraction of sp³-hybridized carbons (Fsp3) is 0.138. The zero-order valence-electron chi connectivity index (χ0n) is 21.5. The highest BCUT2D eigenvalue weighted by atomic mass is 35.5. The van der Waals surface area contributed by atoms with E-state index in [9.17, 15) is 9.59 Å². The number of aromatic nitrogens is 1. The van der Waals surface area contributed by atoms with Crippen LogP contribution in [0.1, 0.15) is 15.9 Å². The molecule has 0 aliphatic carbocycles. The molecular formula is C29H24ClNO7S. The lowest BCUT2D eigenvalue weighted by Gasteiger charge is -2.13. The third-order valence-electron chi connectivity index (χ3n) is 5.59. The Morgan fingerprint density at radius 3 is 2.21 bits per heavy atom. The van der Waals surface area contributed by atoms with Gasteiger partial charge < -0.3 is 23.7 Å². The number of pyridine rings is 1. The number of carbonyl (C=O) groups excluding carboxylic acids is 2. The van der Waals surface area contributed by atoms with Gasteiger partial charge in [-0.05, 0) is 42.0 Å². The van der Waals surface area contributed by atoms with E-state index in [0.717, 1.165) is 10.3 Å². The summed E-state index contributed by atoms with van der Waals surface area (Å²) in [7, 11) is 5.73. The number of thioether (sulfide) groups is 1. The topological polar surface area (TPSA) is 93.2 Å². The van der Waals surface area contributed by atoms with Gasteiger partial charge in [-0.3, -0.25) is 4.98 Å². The first-order valence-electron chi connectivity index (χ1n) is 11.5. The molecule has 10 heteroatoms. The highest BCUT2D eigenvalue weighted by Gasteiger charge is 2.20. The van der Waals surface area contributed by atoms with Crippen molar-refractivity contribution in [2.45, 2.75) is 4.90 Å². The second-order valence-electron chi connectivity index (χ2n) is 7.94. The molecule has 0 amide bonds. The molecule has 0 N–H and O–H groups in total. The average Bonchev–Trinajstić information content (AvgIpc) is 2.96. The van der Waals surface area contributed by atoms with Crippen molar-refractivity contribution >= 4 is 52.3 Å². The number of methoxy groups -OCH3 is 4. The van der Waals surface area contributed by atoms with Crippen LogP contribution in [0.5, 0.6) is 23.0 Å². The van der Waals surface area contributed by atoms with Crippen LogP contribution in [0.2, 0.25) is 5.02 Å². The molecule has 39 heavy (non-hydrogen) atoms. The van der Waals surface area contributed by atoms with E-state index in [1.54, 1.807) is 54.7 Å². The van der Waals surface area contributed by atoms with Gasteiger partial charge in [-0.2, -0.15) is 0 Å². The fourth-order valence-electron chi connectivity index (χ4n) is 3.67. The molecule has 1 heterocycles. The number of esters is 2. The van der Waals surface area contributed by atoms with Crippen LogP contribution in [-0.2, 0) is 9.53 Å². The maximum atomic E-state index is 12.9. The Balaban J connectivity index is 1.57. The minimum Gasteiger partial charge on any atom is -0.496 e. The molecule has 0 saturated carbocycles. The summed E-state index contributed by atoms with van der Waals surface area (Å²) in [5, 5.41) is 1.43. The third-order valence-corrected chi connectivity index (χ3v) is 6.90. The molecule has 0 spiro atoms. The Kier molecular flexibility index (Phi) is 8.96. The molecule has 0 radical (unpaired) electrons. The average molecular weight is 566 g/mol. The molecule has 0 aliphatic rings. The first-order chi connectivity index (χ1) is 18.9. The van der Waals surface area contributed by atoms with Crippen molar-refractivity contribution in [1.82, 2.24) is 4.98 Å². The number of nitrogens with zero attached hydrogens (tertiary/aromatic N) is 1. The number of fused-ring (bicyclic) bond motifs is 1. The molecule has 4 rings (SSSR count). The van der Waals surface area contributed by atoms with Crippen molar-refractivity contribution in [2.24, 2.45) is 0 Å². The number of halogens is 1. The molecule has 0 atom stereocenters. The van der Waals surface area contributed by atoms with Gasteiger partial charge in [0.25, 0.3) is 0 Å². The lowest BCUT2D eigenvalue weighted by atomic mass is 10.1. The summed E-state index contributed by atoms with van der Waals surface area (Å²) in [5.41, 5.74) is 1.59. The van der Waals surface area contributed by atoms with Gasteiger partial charge in [0.05, 0.1) is 38.9 Å². The minimum atomic E-state index is -0.633. The molecule has 0 aliphatic heterocycles. The molecule has 1 aromatic heterocycles. The molecule has 3 aromatic carbocycles. The summed E-state index contributed by atoms with van der Waals surface area (Å²) >= 11 is 7.35. The zero-order valence-corrected chi connectivity index (χ0v) is 23.1. The van der Waals surface area contributed by atoms with Crippen LogP contribution < -0.4 is 18.9 Å². The summed E-state index contributed by atoms with van der Waals surface area (Å²) in [6.07, 6.45) is 3.36. The summed E-state index contributed by atoms with van der Waals surface area (Å²) in [6.45, 7) is 0. The van der Waals surface area contributed by atoms with Crippen LogP contribution in [0.15, 0.2) is 76.7 Å². The van der Waals surface area contributed by atoms with Crippen LogP contribution in [0.4, 0.5) is 0 Å². The van der Waals surface area contributed by atoms with E-state index >= 15 is 0 Å². The van der Waals surface area contributed by atoms with E-state index in [1.165, 1.54) is 46.3 Å². The van der Waals surface area contributed by atoms with Crippen molar-refractivity contribution in [3.05, 3.63) is 87.9 Å². The van der Waals surface area contributed by atoms with Gasteiger partial charge in [-0.25, -0.2) is 9.59 Å². The summed E-state index contributed by atoms with van der Waals surface area (Å²) in [6, 6.07) is 17.0. The first kappa shape index (κ1) is 27.8. The maximum absolute atomic E-state index is 12.9. The van der Waals surface area contributed by atoms with Gasteiger partial charge in [0.15, 0.2) is 11.5 Å². The van der Waals surface area contributed by atoms with Crippen molar-refractivity contribution in [3.8, 4) is 23.0 Å². The molecule has 0 bridgehead atoms. The van der Waals surface area contributed by atoms with E-state index in [2.05, 4.69) is 4.98 Å². The summed E-state index contributed by atoms with van der Waals surface area (Å²) in [5.74, 6) is 0.246. The number of hydrogen-bond acceptors (Lipinski definition) is 9. The molecule has 0 saturated heterocycles. The second-order valence-corrected chi connectivity index (χ2v) is 9.46. The monoisotopic (exact) mass is 565 g/mol. The lowest BCUT2D eigenvalue weighted by molar-refractivity contribution is -0.135. The van der Waals surface area contributed by atoms with E-state index in [0.29, 0.717) is 38.3 Å². The van der Waals surface area contributed by atoms with Crippen LogP contribution in [0.25, 0.3) is 17.0 Å². The predicted molar refractivity (Wildman–Crippen MR) is 150 cm³/mol. The number of rotatable bonds is 9. The van der Waals surface area contributed by atoms with Crippen molar-refractivity contribution in [1.29, 1.82) is 0 Å². The molecule has 0 unspecified atom stereocenters. The summed E-state index contributed by atoms with van der Waals surface area (Å²) < 4.78 is 26.4. The van der Waals surface area contributed by atoms with Crippen molar-refractivity contribution < 1.29 is 33.3 Å². The Morgan fingerprint density at radius 2 is 1.54 bits per heavy atom. The quantitative estimate of drug-likeness (QED) is 0.0983. The minimum absolute atomic E-state index is 0.175. The van der Waals surface area contributed by atoms with Gasteiger partial charge in [-0.1, -0.05) is 41.6 Å². The lowest BCUT2D eigenvalue weighted by Crippen LogP contribution is -2.11. The van der Waals surface area contributed by atoms with E-state index in [4.69, 9.17) is 35.3 Å². The van der Waals surface area contributed by atoms with Crippen molar-refractivity contribution in [3.63, 3.8) is 0 Å².